The van der Waals surface area contributed by atoms with Crippen molar-refractivity contribution in [1.82, 2.24) is 14.4 Å². The zero-order valence-corrected chi connectivity index (χ0v) is 17.6. The summed E-state index contributed by atoms with van der Waals surface area (Å²) in [5, 5.41) is 11.5. The third-order valence-corrected chi connectivity index (χ3v) is 5.14. The zero-order valence-electron chi connectivity index (χ0n) is 16.7. The van der Waals surface area contributed by atoms with Crippen LogP contribution in [-0.4, -0.2) is 50.7 Å². The topological polar surface area (TPSA) is 71.7 Å². The summed E-state index contributed by atoms with van der Waals surface area (Å²) in [6.45, 7) is 5.55. The van der Waals surface area contributed by atoms with E-state index in [1.807, 2.05) is 16.7 Å². The van der Waals surface area contributed by atoms with E-state index in [0.29, 0.717) is 16.9 Å². The molecule has 3 aromatic rings. The lowest BCUT2D eigenvalue weighted by Crippen LogP contribution is -2.19. The van der Waals surface area contributed by atoms with Gasteiger partial charge < -0.3 is 15.2 Å². The number of aliphatic hydroxyl groups excluding tert-OH is 1. The predicted octanol–water partition coefficient (Wildman–Crippen LogP) is 4.18. The summed E-state index contributed by atoms with van der Waals surface area (Å²) in [5.74, 6) is 0.205. The van der Waals surface area contributed by atoms with Crippen LogP contribution < -0.4 is 10.1 Å². The van der Waals surface area contributed by atoms with Gasteiger partial charge in [0.2, 0.25) is 5.95 Å². The van der Waals surface area contributed by atoms with Crippen molar-refractivity contribution in [3.8, 4) is 17.0 Å². The van der Waals surface area contributed by atoms with Crippen LogP contribution in [0.5, 0.6) is 5.75 Å². The van der Waals surface area contributed by atoms with Crippen LogP contribution in [-0.2, 0) is 0 Å². The van der Waals surface area contributed by atoms with Gasteiger partial charge in [-0.3, -0.25) is 4.40 Å². The number of halogens is 2. The molecule has 29 heavy (non-hydrogen) atoms. The molecule has 2 N–H and O–H groups in total. The molecule has 0 aromatic carbocycles. The van der Waals surface area contributed by atoms with Gasteiger partial charge in [0.1, 0.15) is 23.4 Å². The minimum atomic E-state index is -1.45. The monoisotopic (exact) mass is 422 g/mol. The van der Waals surface area contributed by atoms with E-state index in [4.69, 9.17) is 9.84 Å². The maximum atomic E-state index is 14.1. The summed E-state index contributed by atoms with van der Waals surface area (Å²) in [6, 6.07) is 4.76. The van der Waals surface area contributed by atoms with Crippen molar-refractivity contribution >= 4 is 23.2 Å². The SMILES string of the molecule is COc1cc2ncc(-c3cc(F)nc(NC[C@H](F)CO)c3)n2cc1SC(C)(C)C. The van der Waals surface area contributed by atoms with Crippen LogP contribution in [0.1, 0.15) is 20.8 Å². The molecule has 3 rings (SSSR count). The molecule has 0 saturated carbocycles. The van der Waals surface area contributed by atoms with Crippen LogP contribution in [0.25, 0.3) is 16.9 Å². The number of thioether (sulfide) groups is 1. The Labute approximate surface area is 172 Å². The molecule has 0 aliphatic heterocycles. The lowest BCUT2D eigenvalue weighted by atomic mass is 10.2. The number of imidazole rings is 1. The molecule has 0 amide bonds. The first kappa shape index (κ1) is 21.3. The van der Waals surface area contributed by atoms with E-state index >= 15 is 0 Å². The first-order valence-corrected chi connectivity index (χ1v) is 9.92. The number of fused-ring (bicyclic) bond motifs is 1. The molecule has 0 fully saturated rings. The van der Waals surface area contributed by atoms with Crippen LogP contribution in [0.3, 0.4) is 0 Å². The number of ether oxygens (including phenoxy) is 1. The second kappa shape index (κ2) is 8.54. The molecule has 0 radical (unpaired) electrons. The summed E-state index contributed by atoms with van der Waals surface area (Å²) >= 11 is 1.66. The molecule has 9 heteroatoms. The molecule has 0 unspecified atom stereocenters. The van der Waals surface area contributed by atoms with Gasteiger partial charge in [-0.25, -0.2) is 14.4 Å². The fourth-order valence-electron chi connectivity index (χ4n) is 2.78. The summed E-state index contributed by atoms with van der Waals surface area (Å²) < 4.78 is 34.7. The second-order valence-electron chi connectivity index (χ2n) is 7.52. The molecule has 0 aliphatic rings. The Hall–Kier alpha value is -2.39. The third kappa shape index (κ3) is 5.16. The highest BCUT2D eigenvalue weighted by atomic mass is 32.2. The maximum Gasteiger partial charge on any atom is 0.215 e. The zero-order chi connectivity index (χ0) is 21.2. The van der Waals surface area contributed by atoms with Crippen molar-refractivity contribution in [3.63, 3.8) is 0 Å². The molecule has 0 bridgehead atoms. The Morgan fingerprint density at radius 3 is 2.72 bits per heavy atom. The number of aromatic nitrogens is 3. The van der Waals surface area contributed by atoms with Gasteiger partial charge in [0, 0.05) is 35.2 Å². The van der Waals surface area contributed by atoms with Gasteiger partial charge in [-0.1, -0.05) is 20.8 Å². The number of hydrogen-bond acceptors (Lipinski definition) is 6. The Morgan fingerprint density at radius 1 is 1.31 bits per heavy atom. The van der Waals surface area contributed by atoms with Gasteiger partial charge in [0.05, 0.1) is 30.5 Å². The molecule has 3 aromatic heterocycles. The molecule has 0 spiro atoms. The van der Waals surface area contributed by atoms with E-state index in [-0.39, 0.29) is 17.1 Å². The number of methoxy groups -OCH3 is 1. The number of pyridine rings is 2. The number of hydrogen-bond donors (Lipinski definition) is 2. The van der Waals surface area contributed by atoms with Crippen molar-refractivity contribution in [2.75, 3.05) is 25.6 Å². The predicted molar refractivity (Wildman–Crippen MR) is 111 cm³/mol. The Kier molecular flexibility index (Phi) is 6.28. The van der Waals surface area contributed by atoms with Crippen molar-refractivity contribution in [2.45, 2.75) is 36.6 Å². The quantitative estimate of drug-likeness (QED) is 0.440. The number of nitrogens with zero attached hydrogens (tertiary/aromatic N) is 3. The standard InChI is InChI=1S/C20H24F2N4O2S/c1-20(2,3)29-16-10-26-14(9-24-19(26)7-15(16)28-4)12-5-17(22)25-18(6-12)23-8-13(21)11-27/h5-7,9-10,13,27H,8,11H2,1-4H3,(H,23,25)/t13-/m0/s1. The Morgan fingerprint density at radius 2 is 2.07 bits per heavy atom. The summed E-state index contributed by atoms with van der Waals surface area (Å²) in [7, 11) is 1.61. The molecule has 6 nitrogen and oxygen atoms in total. The van der Waals surface area contributed by atoms with E-state index < -0.39 is 18.7 Å². The summed E-state index contributed by atoms with van der Waals surface area (Å²) in [4.78, 5) is 9.08. The highest BCUT2D eigenvalue weighted by Crippen LogP contribution is 2.39. The lowest BCUT2D eigenvalue weighted by Gasteiger charge is -2.19. The molecular formula is C20H24F2N4O2S. The number of aliphatic hydroxyl groups is 1. The first-order valence-electron chi connectivity index (χ1n) is 9.11. The smallest absolute Gasteiger partial charge is 0.215 e. The number of alkyl halides is 1. The van der Waals surface area contributed by atoms with Gasteiger partial charge in [0.25, 0.3) is 0 Å². The number of nitrogens with one attached hydrogen (secondary N) is 1. The minimum absolute atomic E-state index is 0.0306. The average Bonchev–Trinajstić information content (AvgIpc) is 3.06. The van der Waals surface area contributed by atoms with Crippen molar-refractivity contribution in [3.05, 3.63) is 36.5 Å². The van der Waals surface area contributed by atoms with Gasteiger partial charge >= 0.3 is 0 Å². The largest absolute Gasteiger partial charge is 0.495 e. The normalized spacial score (nSPS) is 12.9. The van der Waals surface area contributed by atoms with E-state index in [1.54, 1.807) is 31.1 Å². The van der Waals surface area contributed by atoms with Crippen LogP contribution in [0.2, 0.25) is 0 Å². The molecule has 156 valence electrons. The maximum absolute atomic E-state index is 14.1. The fourth-order valence-corrected chi connectivity index (χ4v) is 3.84. The lowest BCUT2D eigenvalue weighted by molar-refractivity contribution is 0.186. The first-order chi connectivity index (χ1) is 13.7. The third-order valence-electron chi connectivity index (χ3n) is 4.00. The van der Waals surface area contributed by atoms with Gasteiger partial charge in [-0.05, 0) is 6.07 Å². The van der Waals surface area contributed by atoms with Crippen LogP contribution in [0, 0.1) is 5.95 Å². The van der Waals surface area contributed by atoms with E-state index in [2.05, 4.69) is 36.1 Å². The van der Waals surface area contributed by atoms with Gasteiger partial charge in [-0.2, -0.15) is 4.39 Å². The molecular weight excluding hydrogens is 398 g/mol. The highest BCUT2D eigenvalue weighted by Gasteiger charge is 2.18. The second-order valence-corrected chi connectivity index (χ2v) is 9.39. The van der Waals surface area contributed by atoms with Crippen LogP contribution >= 0.6 is 11.8 Å². The summed E-state index contributed by atoms with van der Waals surface area (Å²) in [6.07, 6.45) is 2.11. The average molecular weight is 423 g/mol. The van der Waals surface area contributed by atoms with E-state index in [9.17, 15) is 8.78 Å². The molecule has 0 aliphatic carbocycles. The number of rotatable bonds is 7. The highest BCUT2D eigenvalue weighted by molar-refractivity contribution is 8.00. The van der Waals surface area contributed by atoms with Crippen LogP contribution in [0.4, 0.5) is 14.6 Å². The van der Waals surface area contributed by atoms with Crippen molar-refractivity contribution in [1.29, 1.82) is 0 Å². The molecule has 1 atom stereocenters. The van der Waals surface area contributed by atoms with Gasteiger partial charge in [0.15, 0.2) is 0 Å². The van der Waals surface area contributed by atoms with E-state index in [1.165, 1.54) is 6.07 Å². The van der Waals surface area contributed by atoms with Crippen molar-refractivity contribution in [2.24, 2.45) is 0 Å². The van der Waals surface area contributed by atoms with Crippen LogP contribution in [0.15, 0.2) is 35.5 Å². The minimum Gasteiger partial charge on any atom is -0.495 e. The fraction of sp³-hybridized carbons (Fsp3) is 0.400. The Bertz CT molecular complexity index is 1000. The molecule has 0 saturated heterocycles. The summed E-state index contributed by atoms with van der Waals surface area (Å²) in [5.41, 5.74) is 1.87. The Balaban J connectivity index is 2.03. The molecule has 3 heterocycles. The van der Waals surface area contributed by atoms with Crippen molar-refractivity contribution < 1.29 is 18.6 Å². The van der Waals surface area contributed by atoms with E-state index in [0.717, 1.165) is 10.6 Å². The number of anilines is 1. The van der Waals surface area contributed by atoms with Gasteiger partial charge in [-0.15, -0.1) is 11.8 Å².